The van der Waals surface area contributed by atoms with E-state index in [9.17, 15) is 13.2 Å². The third-order valence-corrected chi connectivity index (χ3v) is 6.74. The summed E-state index contributed by atoms with van der Waals surface area (Å²) in [7, 11) is -3.15. The van der Waals surface area contributed by atoms with Gasteiger partial charge in [0, 0.05) is 24.8 Å². The molecule has 140 valence electrons. The Morgan fingerprint density at radius 2 is 2.08 bits per heavy atom. The van der Waals surface area contributed by atoms with Gasteiger partial charge in [-0.1, -0.05) is 19.3 Å². The Morgan fingerprint density at radius 3 is 2.76 bits per heavy atom. The number of rotatable bonds is 5. The lowest BCUT2D eigenvalue weighted by molar-refractivity contribution is -0.140. The Balaban J connectivity index is 1.69. The first-order valence-corrected chi connectivity index (χ1v) is 10.9. The molecule has 1 amide bonds. The van der Waals surface area contributed by atoms with Gasteiger partial charge < -0.3 is 9.64 Å². The van der Waals surface area contributed by atoms with Crippen LogP contribution in [-0.4, -0.2) is 59.8 Å². The Bertz CT molecular complexity index is 695. The molecule has 1 atom stereocenters. The zero-order valence-electron chi connectivity index (χ0n) is 14.8. The van der Waals surface area contributed by atoms with Gasteiger partial charge in [-0.3, -0.25) is 9.48 Å². The number of nitrogens with zero attached hydrogens (tertiary/aromatic N) is 3. The van der Waals surface area contributed by atoms with E-state index in [1.165, 1.54) is 6.42 Å². The summed E-state index contributed by atoms with van der Waals surface area (Å²) in [5, 5.41) is 4.22. The molecule has 2 heterocycles. The highest BCUT2D eigenvalue weighted by Crippen LogP contribution is 2.27. The topological polar surface area (TPSA) is 81.5 Å². The van der Waals surface area contributed by atoms with Crippen molar-refractivity contribution in [1.82, 2.24) is 14.7 Å². The quantitative estimate of drug-likeness (QED) is 0.786. The molecular weight excluding hydrogens is 342 g/mol. The summed E-state index contributed by atoms with van der Waals surface area (Å²) < 4.78 is 31.7. The highest BCUT2D eigenvalue weighted by molar-refractivity contribution is 7.91. The summed E-state index contributed by atoms with van der Waals surface area (Å²) in [5.41, 5.74) is 0.774. The minimum Gasteiger partial charge on any atom is -0.368 e. The minimum absolute atomic E-state index is 0.0145. The van der Waals surface area contributed by atoms with Gasteiger partial charge in [0.25, 0.3) is 0 Å². The SMILES string of the molecule is CCn1cc([C@H]2CS(=O)(=O)CCN2C(=O)COC2CCCCC2)cn1. The lowest BCUT2D eigenvalue weighted by Crippen LogP contribution is -2.47. The normalized spacial score (nSPS) is 24.4. The molecular formula is C17H27N3O4S. The maximum atomic E-state index is 12.7. The van der Waals surface area contributed by atoms with E-state index in [0.29, 0.717) is 6.54 Å². The Kier molecular flexibility index (Phi) is 5.78. The molecule has 1 saturated heterocycles. The van der Waals surface area contributed by atoms with E-state index in [1.54, 1.807) is 15.8 Å². The number of carbonyl (C=O) groups excluding carboxylic acids is 1. The first-order valence-electron chi connectivity index (χ1n) is 9.12. The van der Waals surface area contributed by atoms with E-state index in [-0.39, 0.29) is 36.7 Å². The smallest absolute Gasteiger partial charge is 0.249 e. The monoisotopic (exact) mass is 369 g/mol. The molecule has 0 spiro atoms. The standard InChI is InChI=1S/C17H27N3O4S/c1-2-19-11-14(10-18-19)16-13-25(22,23)9-8-20(16)17(21)12-24-15-6-4-3-5-7-15/h10-11,15-16H,2-9,12-13H2,1H3/t16-/m1/s1. The number of ether oxygens (including phenoxy) is 1. The van der Waals surface area contributed by atoms with Crippen LogP contribution in [0.15, 0.2) is 12.4 Å². The van der Waals surface area contributed by atoms with Gasteiger partial charge in [0.15, 0.2) is 9.84 Å². The number of amides is 1. The van der Waals surface area contributed by atoms with Crippen LogP contribution in [0.5, 0.6) is 0 Å². The Morgan fingerprint density at radius 1 is 1.32 bits per heavy atom. The van der Waals surface area contributed by atoms with Crippen LogP contribution in [0.4, 0.5) is 0 Å². The highest BCUT2D eigenvalue weighted by Gasteiger charge is 2.36. The van der Waals surface area contributed by atoms with Crippen molar-refractivity contribution >= 4 is 15.7 Å². The van der Waals surface area contributed by atoms with Crippen molar-refractivity contribution in [2.45, 2.75) is 57.7 Å². The molecule has 1 saturated carbocycles. The molecule has 1 aromatic heterocycles. The van der Waals surface area contributed by atoms with Gasteiger partial charge in [0.2, 0.25) is 5.91 Å². The average molecular weight is 369 g/mol. The summed E-state index contributed by atoms with van der Waals surface area (Å²) in [6.45, 7) is 2.92. The first-order chi connectivity index (χ1) is 12.0. The predicted molar refractivity (Wildman–Crippen MR) is 93.8 cm³/mol. The van der Waals surface area contributed by atoms with Gasteiger partial charge in [0.1, 0.15) is 6.61 Å². The summed E-state index contributed by atoms with van der Waals surface area (Å²) in [4.78, 5) is 14.3. The van der Waals surface area contributed by atoms with E-state index < -0.39 is 15.9 Å². The molecule has 0 N–H and O–H groups in total. The Hall–Kier alpha value is -1.41. The van der Waals surface area contributed by atoms with Crippen LogP contribution in [0.25, 0.3) is 0 Å². The second-order valence-corrected chi connectivity index (χ2v) is 9.15. The third-order valence-electron chi connectivity index (χ3n) is 5.11. The maximum Gasteiger partial charge on any atom is 0.249 e. The van der Waals surface area contributed by atoms with E-state index in [4.69, 9.17) is 4.74 Å². The van der Waals surface area contributed by atoms with Crippen LogP contribution in [0.2, 0.25) is 0 Å². The summed E-state index contributed by atoms with van der Waals surface area (Å²) in [5.74, 6) is -0.159. The van der Waals surface area contributed by atoms with Gasteiger partial charge in [-0.15, -0.1) is 0 Å². The van der Waals surface area contributed by atoms with Gasteiger partial charge in [0.05, 0.1) is 29.8 Å². The molecule has 0 bridgehead atoms. The largest absolute Gasteiger partial charge is 0.368 e. The second kappa shape index (κ2) is 7.86. The number of hydrogen-bond donors (Lipinski definition) is 0. The van der Waals surface area contributed by atoms with Crippen molar-refractivity contribution in [2.24, 2.45) is 0 Å². The van der Waals surface area contributed by atoms with E-state index in [2.05, 4.69) is 5.10 Å². The fraction of sp³-hybridized carbons (Fsp3) is 0.765. The van der Waals surface area contributed by atoms with Crippen molar-refractivity contribution < 1.29 is 17.9 Å². The number of sulfone groups is 1. The zero-order valence-corrected chi connectivity index (χ0v) is 15.6. The predicted octanol–water partition coefficient (Wildman–Crippen LogP) is 1.55. The van der Waals surface area contributed by atoms with Gasteiger partial charge in [-0.2, -0.15) is 5.10 Å². The third kappa shape index (κ3) is 4.61. The van der Waals surface area contributed by atoms with Crippen LogP contribution in [0, 0.1) is 0 Å². The van der Waals surface area contributed by atoms with Crippen LogP contribution < -0.4 is 0 Å². The molecule has 0 aromatic carbocycles. The van der Waals surface area contributed by atoms with Gasteiger partial charge in [-0.25, -0.2) is 8.42 Å². The molecule has 2 fully saturated rings. The zero-order chi connectivity index (χ0) is 17.9. The highest BCUT2D eigenvalue weighted by atomic mass is 32.2. The summed E-state index contributed by atoms with van der Waals surface area (Å²) in [6, 6.07) is -0.471. The maximum absolute atomic E-state index is 12.7. The average Bonchev–Trinajstić information content (AvgIpc) is 3.09. The van der Waals surface area contributed by atoms with Crippen LogP contribution in [0.3, 0.4) is 0 Å². The lowest BCUT2D eigenvalue weighted by atomic mass is 9.98. The van der Waals surface area contributed by atoms with Crippen LogP contribution in [0.1, 0.15) is 50.6 Å². The molecule has 1 aliphatic carbocycles. The molecule has 0 radical (unpaired) electrons. The number of aromatic nitrogens is 2. The molecule has 2 aliphatic rings. The molecule has 1 aromatic rings. The Labute approximate surface area is 149 Å². The van der Waals surface area contributed by atoms with Gasteiger partial charge >= 0.3 is 0 Å². The molecule has 8 heteroatoms. The van der Waals surface area contributed by atoms with Crippen LogP contribution >= 0.6 is 0 Å². The number of carbonyl (C=O) groups is 1. The minimum atomic E-state index is -3.15. The fourth-order valence-electron chi connectivity index (χ4n) is 3.61. The number of aryl methyl sites for hydroxylation is 1. The molecule has 7 nitrogen and oxygen atoms in total. The number of hydrogen-bond acceptors (Lipinski definition) is 5. The lowest BCUT2D eigenvalue weighted by Gasteiger charge is -2.35. The van der Waals surface area contributed by atoms with Crippen molar-refractivity contribution in [3.8, 4) is 0 Å². The summed E-state index contributed by atoms with van der Waals surface area (Å²) in [6.07, 6.45) is 9.21. The molecule has 3 rings (SSSR count). The molecule has 25 heavy (non-hydrogen) atoms. The van der Waals surface area contributed by atoms with Gasteiger partial charge in [-0.05, 0) is 19.8 Å². The summed E-state index contributed by atoms with van der Waals surface area (Å²) >= 11 is 0. The van der Waals surface area contributed by atoms with E-state index >= 15 is 0 Å². The second-order valence-electron chi connectivity index (χ2n) is 6.92. The van der Waals surface area contributed by atoms with Crippen LogP contribution in [-0.2, 0) is 25.9 Å². The van der Waals surface area contributed by atoms with Crippen molar-refractivity contribution in [1.29, 1.82) is 0 Å². The molecule has 0 unspecified atom stereocenters. The van der Waals surface area contributed by atoms with Crippen molar-refractivity contribution in [3.63, 3.8) is 0 Å². The van der Waals surface area contributed by atoms with E-state index in [0.717, 1.165) is 31.2 Å². The van der Waals surface area contributed by atoms with E-state index in [1.807, 2.05) is 13.1 Å². The van der Waals surface area contributed by atoms with Crippen molar-refractivity contribution in [2.75, 3.05) is 24.7 Å². The first kappa shape index (κ1) is 18.4. The fourth-order valence-corrected chi connectivity index (χ4v) is 5.11. The molecule has 1 aliphatic heterocycles. The van der Waals surface area contributed by atoms with Crippen molar-refractivity contribution in [3.05, 3.63) is 18.0 Å².